The summed E-state index contributed by atoms with van der Waals surface area (Å²) in [7, 11) is 0. The molecule has 27 heavy (non-hydrogen) atoms. The van der Waals surface area contributed by atoms with Crippen LogP contribution in [0, 0.1) is 5.92 Å². The van der Waals surface area contributed by atoms with Gasteiger partial charge in [-0.1, -0.05) is 37.3 Å². The molecule has 2 aromatic rings. The number of piperidine rings is 1. The molecule has 1 fully saturated rings. The first kappa shape index (κ1) is 19.6. The minimum Gasteiger partial charge on any atom is -0.462 e. The number of nitrogens with one attached hydrogen (secondary N) is 2. The predicted octanol–water partition coefficient (Wildman–Crippen LogP) is 2.85. The zero-order chi connectivity index (χ0) is 19.2. The third-order valence-electron chi connectivity index (χ3n) is 5.00. The SMILES string of the molecule is CCOC(=O)c1c(-c2ccccc2)csc1NC(=O)C[NH+]1CCC(C)CC1. The summed E-state index contributed by atoms with van der Waals surface area (Å²) in [5.74, 6) is 0.302. The molecule has 0 saturated carbocycles. The van der Waals surface area contributed by atoms with E-state index in [1.807, 2.05) is 35.7 Å². The maximum Gasteiger partial charge on any atom is 0.341 e. The van der Waals surface area contributed by atoms with Gasteiger partial charge in [0, 0.05) is 10.9 Å². The Kier molecular flexibility index (Phi) is 6.63. The first-order valence-corrected chi connectivity index (χ1v) is 10.4. The second-order valence-corrected chi connectivity index (χ2v) is 7.98. The van der Waals surface area contributed by atoms with Gasteiger partial charge in [0.1, 0.15) is 10.6 Å². The predicted molar refractivity (Wildman–Crippen MR) is 108 cm³/mol. The molecule has 144 valence electrons. The fourth-order valence-electron chi connectivity index (χ4n) is 3.43. The van der Waals surface area contributed by atoms with Gasteiger partial charge in [-0.25, -0.2) is 4.79 Å². The van der Waals surface area contributed by atoms with Crippen LogP contribution in [0.1, 0.15) is 37.0 Å². The van der Waals surface area contributed by atoms with Crippen LogP contribution in [0.2, 0.25) is 0 Å². The van der Waals surface area contributed by atoms with Crippen molar-refractivity contribution in [1.29, 1.82) is 0 Å². The Morgan fingerprint density at radius 2 is 1.93 bits per heavy atom. The van der Waals surface area contributed by atoms with E-state index in [1.165, 1.54) is 16.2 Å². The second-order valence-electron chi connectivity index (χ2n) is 7.10. The van der Waals surface area contributed by atoms with Crippen LogP contribution in [-0.4, -0.2) is 38.1 Å². The van der Waals surface area contributed by atoms with Crippen molar-refractivity contribution in [3.8, 4) is 11.1 Å². The summed E-state index contributed by atoms with van der Waals surface area (Å²) in [4.78, 5) is 26.4. The lowest BCUT2D eigenvalue weighted by Crippen LogP contribution is -3.14. The van der Waals surface area contributed by atoms with Crippen molar-refractivity contribution in [3.63, 3.8) is 0 Å². The molecular weight excluding hydrogens is 360 g/mol. The van der Waals surface area contributed by atoms with Gasteiger partial charge in [0.25, 0.3) is 5.91 Å². The van der Waals surface area contributed by atoms with Crippen LogP contribution in [-0.2, 0) is 9.53 Å². The van der Waals surface area contributed by atoms with Gasteiger partial charge in [-0.3, -0.25) is 4.79 Å². The molecule has 6 heteroatoms. The second kappa shape index (κ2) is 9.15. The number of quaternary nitrogens is 1. The number of hydrogen-bond acceptors (Lipinski definition) is 4. The Morgan fingerprint density at radius 3 is 2.59 bits per heavy atom. The Morgan fingerprint density at radius 1 is 1.22 bits per heavy atom. The number of carbonyl (C=O) groups excluding carboxylic acids is 2. The molecule has 0 unspecified atom stereocenters. The van der Waals surface area contributed by atoms with Crippen molar-refractivity contribution in [3.05, 3.63) is 41.3 Å². The molecule has 1 aromatic heterocycles. The third-order valence-corrected chi connectivity index (χ3v) is 5.90. The highest BCUT2D eigenvalue weighted by Gasteiger charge is 2.25. The minimum absolute atomic E-state index is 0.0495. The Bertz CT molecular complexity index is 780. The van der Waals surface area contributed by atoms with Gasteiger partial charge in [-0.05, 0) is 31.2 Å². The zero-order valence-electron chi connectivity index (χ0n) is 15.9. The van der Waals surface area contributed by atoms with Crippen molar-refractivity contribution < 1.29 is 19.2 Å². The Hall–Kier alpha value is -2.18. The molecule has 1 aliphatic heterocycles. The number of esters is 1. The van der Waals surface area contributed by atoms with E-state index >= 15 is 0 Å². The number of rotatable bonds is 6. The normalized spacial score (nSPS) is 19.5. The van der Waals surface area contributed by atoms with E-state index in [1.54, 1.807) is 6.92 Å². The van der Waals surface area contributed by atoms with Gasteiger partial charge >= 0.3 is 5.97 Å². The molecule has 1 saturated heterocycles. The lowest BCUT2D eigenvalue weighted by atomic mass is 9.99. The summed E-state index contributed by atoms with van der Waals surface area (Å²) >= 11 is 1.37. The van der Waals surface area contributed by atoms with Crippen LogP contribution < -0.4 is 10.2 Å². The zero-order valence-corrected chi connectivity index (χ0v) is 16.7. The summed E-state index contributed by atoms with van der Waals surface area (Å²) in [5, 5.41) is 5.44. The van der Waals surface area contributed by atoms with E-state index in [-0.39, 0.29) is 5.91 Å². The van der Waals surface area contributed by atoms with Gasteiger partial charge in [0.2, 0.25) is 0 Å². The maximum atomic E-state index is 12.6. The van der Waals surface area contributed by atoms with Gasteiger partial charge in [-0.2, -0.15) is 0 Å². The van der Waals surface area contributed by atoms with Crippen LogP contribution in [0.15, 0.2) is 35.7 Å². The summed E-state index contributed by atoms with van der Waals surface area (Å²) in [5.41, 5.74) is 2.19. The molecule has 0 bridgehead atoms. The number of ether oxygens (including phenoxy) is 1. The fourth-order valence-corrected chi connectivity index (χ4v) is 4.40. The molecule has 2 N–H and O–H groups in total. The lowest BCUT2D eigenvalue weighted by molar-refractivity contribution is -0.897. The quantitative estimate of drug-likeness (QED) is 0.750. The molecule has 0 radical (unpaired) electrons. The molecule has 1 amide bonds. The van der Waals surface area contributed by atoms with Gasteiger partial charge in [0.05, 0.1) is 19.7 Å². The van der Waals surface area contributed by atoms with E-state index in [0.717, 1.165) is 43.0 Å². The fraction of sp³-hybridized carbons (Fsp3) is 0.429. The van der Waals surface area contributed by atoms with E-state index < -0.39 is 5.97 Å². The van der Waals surface area contributed by atoms with Gasteiger partial charge in [-0.15, -0.1) is 11.3 Å². The van der Waals surface area contributed by atoms with Crippen LogP contribution in [0.3, 0.4) is 0 Å². The summed E-state index contributed by atoms with van der Waals surface area (Å²) < 4.78 is 5.24. The number of amides is 1. The topological polar surface area (TPSA) is 59.8 Å². The number of hydrogen-bond donors (Lipinski definition) is 2. The molecule has 1 aliphatic rings. The number of benzene rings is 1. The van der Waals surface area contributed by atoms with Crippen molar-refractivity contribution in [2.75, 3.05) is 31.6 Å². The highest BCUT2D eigenvalue weighted by atomic mass is 32.1. The first-order chi connectivity index (χ1) is 13.1. The summed E-state index contributed by atoms with van der Waals surface area (Å²) in [6.45, 7) is 6.84. The highest BCUT2D eigenvalue weighted by molar-refractivity contribution is 7.15. The van der Waals surface area contributed by atoms with Crippen molar-refractivity contribution in [2.24, 2.45) is 5.92 Å². The monoisotopic (exact) mass is 387 g/mol. The van der Waals surface area contributed by atoms with Crippen molar-refractivity contribution in [2.45, 2.75) is 26.7 Å². The first-order valence-electron chi connectivity index (χ1n) is 9.56. The Labute approximate surface area is 164 Å². The molecule has 0 atom stereocenters. The van der Waals surface area contributed by atoms with Gasteiger partial charge in [0.15, 0.2) is 6.54 Å². The van der Waals surface area contributed by atoms with Crippen molar-refractivity contribution in [1.82, 2.24) is 0 Å². The van der Waals surface area contributed by atoms with E-state index in [0.29, 0.717) is 23.7 Å². The standard InChI is InChI=1S/C21H26N2O3S/c1-3-26-21(25)19-17(16-7-5-4-6-8-16)14-27-20(19)22-18(24)13-23-11-9-15(2)10-12-23/h4-8,14-15H,3,9-13H2,1-2H3,(H,22,24)/p+1. The molecular formula is C21H27N2O3S+. The summed E-state index contributed by atoms with van der Waals surface area (Å²) in [6.07, 6.45) is 2.32. The van der Waals surface area contributed by atoms with Crippen LogP contribution in [0.5, 0.6) is 0 Å². The molecule has 0 spiro atoms. The van der Waals surface area contributed by atoms with E-state index in [9.17, 15) is 9.59 Å². The highest BCUT2D eigenvalue weighted by Crippen LogP contribution is 2.36. The molecule has 5 nitrogen and oxygen atoms in total. The number of thiophene rings is 1. The molecule has 2 heterocycles. The van der Waals surface area contributed by atoms with Crippen LogP contribution in [0.4, 0.5) is 5.00 Å². The molecule has 1 aromatic carbocycles. The van der Waals surface area contributed by atoms with Gasteiger partial charge < -0.3 is 15.0 Å². The third kappa shape index (κ3) is 4.96. The average molecular weight is 388 g/mol. The van der Waals surface area contributed by atoms with Crippen LogP contribution >= 0.6 is 11.3 Å². The van der Waals surface area contributed by atoms with E-state index in [2.05, 4.69) is 12.2 Å². The Balaban J connectivity index is 1.77. The lowest BCUT2D eigenvalue weighted by Gasteiger charge is -2.26. The van der Waals surface area contributed by atoms with E-state index in [4.69, 9.17) is 4.74 Å². The molecule has 0 aliphatic carbocycles. The number of anilines is 1. The largest absolute Gasteiger partial charge is 0.462 e. The maximum absolute atomic E-state index is 12.6. The minimum atomic E-state index is -0.396. The van der Waals surface area contributed by atoms with Crippen molar-refractivity contribution >= 4 is 28.2 Å². The summed E-state index contributed by atoms with van der Waals surface area (Å²) in [6, 6.07) is 9.71. The van der Waals surface area contributed by atoms with Crippen LogP contribution in [0.25, 0.3) is 11.1 Å². The number of likely N-dealkylation sites (tertiary alicyclic amines) is 1. The molecule has 3 rings (SSSR count). The number of carbonyl (C=O) groups is 2. The smallest absolute Gasteiger partial charge is 0.341 e. The average Bonchev–Trinajstić information content (AvgIpc) is 3.08.